The number of hydrogen-bond acceptors (Lipinski definition) is 10. The van der Waals surface area contributed by atoms with Crippen LogP contribution in [0.2, 0.25) is 5.02 Å². The molecule has 6 rings (SSSR count). The van der Waals surface area contributed by atoms with Gasteiger partial charge in [0.15, 0.2) is 5.03 Å². The lowest BCUT2D eigenvalue weighted by Crippen LogP contribution is -2.46. The fourth-order valence-corrected chi connectivity index (χ4v) is 7.95. The maximum Gasteiger partial charge on any atom is 0.261 e. The lowest BCUT2D eigenvalue weighted by molar-refractivity contribution is -0.0652. The summed E-state index contributed by atoms with van der Waals surface area (Å²) in [5.74, 6) is -2.44. The molecular weight excluding hydrogens is 756 g/mol. The number of methoxy groups -OCH3 is 4. The van der Waals surface area contributed by atoms with Gasteiger partial charge in [0, 0.05) is 85.1 Å². The first-order chi connectivity index (χ1) is 26.3. The molecule has 1 N–H and O–H groups in total. The minimum absolute atomic E-state index is 0.0357. The molecule has 1 amide bonds. The Morgan fingerprint density at radius 2 is 1.56 bits per heavy atom. The fourth-order valence-electron chi connectivity index (χ4n) is 6.37. The number of rotatable bonds is 13. The zero-order valence-electron chi connectivity index (χ0n) is 30.8. The van der Waals surface area contributed by atoms with E-state index in [1.54, 1.807) is 65.6 Å². The largest absolute Gasteiger partial charge is 0.497 e. The number of carbonyl (C=O) groups is 1. The molecule has 5 aromatic rings. The molecule has 290 valence electrons. The smallest absolute Gasteiger partial charge is 0.261 e. The Kier molecular flexibility index (Phi) is 11.6. The van der Waals surface area contributed by atoms with Crippen LogP contribution in [0.5, 0.6) is 23.0 Å². The molecule has 55 heavy (non-hydrogen) atoms. The van der Waals surface area contributed by atoms with E-state index in [1.807, 2.05) is 0 Å². The Labute approximate surface area is 323 Å². The molecule has 0 radical (unpaired) electrons. The van der Waals surface area contributed by atoms with E-state index in [2.05, 4.69) is 10.3 Å². The first-order valence-corrected chi connectivity index (χ1v) is 19.0. The maximum atomic E-state index is 14.5. The summed E-state index contributed by atoms with van der Waals surface area (Å²) >= 11 is 6.46. The molecule has 0 saturated carbocycles. The molecule has 1 unspecified atom stereocenters. The van der Waals surface area contributed by atoms with Gasteiger partial charge in [0.2, 0.25) is 0 Å². The Balaban J connectivity index is 1.36. The van der Waals surface area contributed by atoms with Crippen LogP contribution in [0, 0.1) is 5.92 Å². The summed E-state index contributed by atoms with van der Waals surface area (Å²) in [5, 5.41) is 3.34. The topological polar surface area (TPSA) is 132 Å². The number of carbonyl (C=O) groups excluding carboxylic acids is 1. The van der Waals surface area contributed by atoms with Crippen molar-refractivity contribution in [1.82, 2.24) is 14.3 Å². The molecular formula is C39H40ClF2N5O7S. The first kappa shape index (κ1) is 39.4. The SMILES string of the molecule is COc1ccc(CN(Cc2ccc(OC)cc2OC)S(=O)(=O)c2cc(NC(=O)c3cc4cccc(Cl)c4nc3N3CCC(F)(F)C(C)C3)ccn2)c(OC)c1. The van der Waals surface area contributed by atoms with Gasteiger partial charge in [0.1, 0.15) is 28.8 Å². The normalized spacial score (nSPS) is 15.5. The number of ether oxygens (including phenoxy) is 4. The second-order valence-electron chi connectivity index (χ2n) is 13.0. The zero-order valence-corrected chi connectivity index (χ0v) is 32.4. The van der Waals surface area contributed by atoms with Gasteiger partial charge in [-0.3, -0.25) is 4.79 Å². The van der Waals surface area contributed by atoms with E-state index in [9.17, 15) is 22.0 Å². The predicted molar refractivity (Wildman–Crippen MR) is 205 cm³/mol. The van der Waals surface area contributed by atoms with Crippen LogP contribution >= 0.6 is 11.6 Å². The monoisotopic (exact) mass is 795 g/mol. The van der Waals surface area contributed by atoms with Crippen molar-refractivity contribution in [2.75, 3.05) is 51.7 Å². The molecule has 1 saturated heterocycles. The van der Waals surface area contributed by atoms with Gasteiger partial charge in [-0.1, -0.05) is 42.8 Å². The van der Waals surface area contributed by atoms with Crippen molar-refractivity contribution in [2.24, 2.45) is 5.92 Å². The Bertz CT molecular complexity index is 2270. The number of anilines is 2. The number of hydrogen-bond donors (Lipinski definition) is 1. The molecule has 0 aliphatic carbocycles. The number of benzene rings is 3. The standard InChI is InChI=1S/C39H40ClF2N5O7S/c1-24-21-46(16-14-39(24,41)42)37-31(17-25-7-6-8-32(40)36(25)45-37)38(48)44-28-13-15-43-35(18-28)55(49,50)47(22-26-9-11-29(51-2)19-33(26)53-4)23-27-10-12-30(52-3)20-34(27)54-5/h6-13,15,17-20,24H,14,16,21-23H2,1-5H3,(H,43,44,48). The van der Waals surface area contributed by atoms with E-state index in [4.69, 9.17) is 35.5 Å². The molecule has 3 heterocycles. The van der Waals surface area contributed by atoms with E-state index in [0.717, 1.165) is 0 Å². The Morgan fingerprint density at radius 1 is 0.927 bits per heavy atom. The van der Waals surface area contributed by atoms with Gasteiger partial charge in [-0.15, -0.1) is 0 Å². The number of sulfonamides is 1. The molecule has 1 fully saturated rings. The lowest BCUT2D eigenvalue weighted by Gasteiger charge is -2.38. The van der Waals surface area contributed by atoms with E-state index >= 15 is 0 Å². The summed E-state index contributed by atoms with van der Waals surface area (Å²) in [6.45, 7) is 1.11. The van der Waals surface area contributed by atoms with Gasteiger partial charge in [0.25, 0.3) is 21.9 Å². The second kappa shape index (κ2) is 16.2. The highest BCUT2D eigenvalue weighted by Crippen LogP contribution is 2.37. The minimum Gasteiger partial charge on any atom is -0.497 e. The molecule has 1 aliphatic rings. The fraction of sp³-hybridized carbons (Fsp3) is 0.308. The van der Waals surface area contributed by atoms with E-state index < -0.39 is 34.2 Å². The van der Waals surface area contributed by atoms with Crippen LogP contribution in [0.4, 0.5) is 20.3 Å². The number of amides is 1. The number of fused-ring (bicyclic) bond motifs is 1. The van der Waals surface area contributed by atoms with Gasteiger partial charge in [-0.2, -0.15) is 4.31 Å². The average Bonchev–Trinajstić information content (AvgIpc) is 3.18. The highest BCUT2D eigenvalue weighted by Gasteiger charge is 2.42. The van der Waals surface area contributed by atoms with Crippen molar-refractivity contribution in [3.05, 3.63) is 101 Å². The van der Waals surface area contributed by atoms with Crippen molar-refractivity contribution in [1.29, 1.82) is 0 Å². The van der Waals surface area contributed by atoms with Crippen molar-refractivity contribution < 1.29 is 40.9 Å². The number of aromatic nitrogens is 2. The number of nitrogens with one attached hydrogen (secondary N) is 1. The summed E-state index contributed by atoms with van der Waals surface area (Å²) < 4.78 is 81.1. The predicted octanol–water partition coefficient (Wildman–Crippen LogP) is 7.44. The number of piperidine rings is 1. The van der Waals surface area contributed by atoms with E-state index in [1.165, 1.54) is 58.0 Å². The molecule has 12 nitrogen and oxygen atoms in total. The van der Waals surface area contributed by atoms with Crippen molar-refractivity contribution in [3.8, 4) is 23.0 Å². The lowest BCUT2D eigenvalue weighted by atomic mass is 9.95. The minimum atomic E-state index is -4.39. The number of pyridine rings is 2. The molecule has 3 aromatic carbocycles. The van der Waals surface area contributed by atoms with Crippen LogP contribution < -0.4 is 29.2 Å². The molecule has 16 heteroatoms. The Hall–Kier alpha value is -5.25. The average molecular weight is 796 g/mol. The molecule has 1 aliphatic heterocycles. The maximum absolute atomic E-state index is 14.5. The van der Waals surface area contributed by atoms with Crippen LogP contribution in [0.15, 0.2) is 84.0 Å². The summed E-state index contributed by atoms with van der Waals surface area (Å²) in [4.78, 5) is 24.6. The highest BCUT2D eigenvalue weighted by atomic mass is 35.5. The number of para-hydroxylation sites is 1. The van der Waals surface area contributed by atoms with Gasteiger partial charge in [0.05, 0.1) is 44.5 Å². The van der Waals surface area contributed by atoms with Crippen LogP contribution in [0.3, 0.4) is 0 Å². The summed E-state index contributed by atoms with van der Waals surface area (Å²) in [5.41, 5.74) is 1.74. The van der Waals surface area contributed by atoms with Crippen molar-refractivity contribution in [3.63, 3.8) is 0 Å². The van der Waals surface area contributed by atoms with Gasteiger partial charge >= 0.3 is 0 Å². The van der Waals surface area contributed by atoms with Crippen LogP contribution in [0.1, 0.15) is 34.8 Å². The number of nitrogens with zero attached hydrogens (tertiary/aromatic N) is 4. The first-order valence-electron chi connectivity index (χ1n) is 17.2. The van der Waals surface area contributed by atoms with Crippen LogP contribution in [-0.4, -0.2) is 76.0 Å². The van der Waals surface area contributed by atoms with Crippen molar-refractivity contribution in [2.45, 2.75) is 37.4 Å². The quantitative estimate of drug-likeness (QED) is 0.128. The summed E-state index contributed by atoms with van der Waals surface area (Å²) in [6.07, 6.45) is 0.862. The van der Waals surface area contributed by atoms with Crippen molar-refractivity contribution >= 4 is 49.9 Å². The van der Waals surface area contributed by atoms with Gasteiger partial charge in [-0.05, 0) is 30.3 Å². The van der Waals surface area contributed by atoms with Crippen LogP contribution in [0.25, 0.3) is 10.9 Å². The highest BCUT2D eigenvalue weighted by molar-refractivity contribution is 7.89. The van der Waals surface area contributed by atoms with Gasteiger partial charge in [-0.25, -0.2) is 27.2 Å². The van der Waals surface area contributed by atoms with Crippen LogP contribution in [-0.2, 0) is 23.1 Å². The third kappa shape index (κ3) is 8.38. The molecule has 1 atom stereocenters. The molecule has 2 aromatic heterocycles. The third-order valence-corrected chi connectivity index (χ3v) is 11.5. The molecule has 0 spiro atoms. The third-order valence-electron chi connectivity index (χ3n) is 9.53. The molecule has 0 bridgehead atoms. The van der Waals surface area contributed by atoms with E-state index in [-0.39, 0.29) is 48.3 Å². The summed E-state index contributed by atoms with van der Waals surface area (Å²) in [7, 11) is 1.59. The van der Waals surface area contributed by atoms with E-state index in [0.29, 0.717) is 50.1 Å². The van der Waals surface area contributed by atoms with Gasteiger partial charge < -0.3 is 29.2 Å². The number of halogens is 3. The second-order valence-corrected chi connectivity index (χ2v) is 15.3. The zero-order chi connectivity index (χ0) is 39.5. The Morgan fingerprint density at radius 3 is 2.15 bits per heavy atom. The summed E-state index contributed by atoms with van der Waals surface area (Å²) in [6, 6.07) is 19.5. The number of alkyl halides is 2.